The molecule has 0 aromatic heterocycles. The molecule has 146 valence electrons. The van der Waals surface area contributed by atoms with Gasteiger partial charge in [-0.3, -0.25) is 4.79 Å². The van der Waals surface area contributed by atoms with E-state index in [1.165, 1.54) is 20.0 Å². The molecule has 28 heavy (non-hydrogen) atoms. The van der Waals surface area contributed by atoms with Gasteiger partial charge >= 0.3 is 18.0 Å². The molecule has 1 aromatic rings. The standard InChI is InChI=1S/C19H19N3O6/c1-19(2)27-16(24)13(17(25)28-19)10-20-11-5-3-6-12(9-11)22-15(23)14-7-4-8-21(14)18(22)26/h3,5-6,9-10,14,20H,4,7-8H2,1-2H3. The van der Waals surface area contributed by atoms with Crippen LogP contribution in [0.1, 0.15) is 26.7 Å². The summed E-state index contributed by atoms with van der Waals surface area (Å²) in [6, 6.07) is 5.88. The summed E-state index contributed by atoms with van der Waals surface area (Å²) in [7, 11) is 0. The Labute approximate surface area is 160 Å². The molecule has 3 aliphatic rings. The number of nitrogens with zero attached hydrogens (tertiary/aromatic N) is 2. The molecule has 3 fully saturated rings. The van der Waals surface area contributed by atoms with Gasteiger partial charge < -0.3 is 19.7 Å². The minimum absolute atomic E-state index is 0.236. The van der Waals surface area contributed by atoms with Crippen LogP contribution in [-0.4, -0.2) is 47.2 Å². The number of ether oxygens (including phenoxy) is 2. The van der Waals surface area contributed by atoms with Crippen molar-refractivity contribution in [1.82, 2.24) is 4.90 Å². The number of carbonyl (C=O) groups excluding carboxylic acids is 4. The minimum atomic E-state index is -1.31. The van der Waals surface area contributed by atoms with Gasteiger partial charge in [0.25, 0.3) is 11.7 Å². The van der Waals surface area contributed by atoms with Gasteiger partial charge in [0.1, 0.15) is 6.04 Å². The molecule has 0 saturated carbocycles. The Morgan fingerprint density at radius 1 is 1.14 bits per heavy atom. The van der Waals surface area contributed by atoms with Crippen LogP contribution in [-0.2, 0) is 23.9 Å². The number of cyclic esters (lactones) is 2. The highest BCUT2D eigenvalue weighted by Gasteiger charge is 2.48. The van der Waals surface area contributed by atoms with Crippen molar-refractivity contribution in [3.8, 4) is 0 Å². The van der Waals surface area contributed by atoms with Crippen molar-refractivity contribution >= 4 is 35.3 Å². The lowest BCUT2D eigenvalue weighted by molar-refractivity contribution is -0.222. The van der Waals surface area contributed by atoms with Crippen LogP contribution in [0.5, 0.6) is 0 Å². The first-order valence-corrected chi connectivity index (χ1v) is 8.95. The quantitative estimate of drug-likeness (QED) is 0.366. The molecule has 3 saturated heterocycles. The molecule has 3 aliphatic heterocycles. The predicted octanol–water partition coefficient (Wildman–Crippen LogP) is 1.75. The molecule has 1 unspecified atom stereocenters. The van der Waals surface area contributed by atoms with Crippen molar-refractivity contribution in [1.29, 1.82) is 0 Å². The first-order chi connectivity index (χ1) is 13.3. The minimum Gasteiger partial charge on any atom is -0.419 e. The van der Waals surface area contributed by atoms with Crippen molar-refractivity contribution in [2.24, 2.45) is 0 Å². The second kappa shape index (κ2) is 6.36. The Kier molecular flexibility index (Phi) is 4.10. The first kappa shape index (κ1) is 18.0. The van der Waals surface area contributed by atoms with Gasteiger partial charge in [-0.2, -0.15) is 0 Å². The van der Waals surface area contributed by atoms with E-state index >= 15 is 0 Å². The Bertz CT molecular complexity index is 878. The molecule has 1 aromatic carbocycles. The maximum Gasteiger partial charge on any atom is 0.350 e. The van der Waals surface area contributed by atoms with E-state index in [2.05, 4.69) is 5.32 Å². The number of fused-ring (bicyclic) bond motifs is 1. The van der Waals surface area contributed by atoms with Crippen molar-refractivity contribution < 1.29 is 28.7 Å². The number of hydrogen-bond donors (Lipinski definition) is 1. The molecule has 0 bridgehead atoms. The van der Waals surface area contributed by atoms with Crippen molar-refractivity contribution in [2.45, 2.75) is 38.5 Å². The molecular formula is C19H19N3O6. The van der Waals surface area contributed by atoms with Gasteiger partial charge in [-0.25, -0.2) is 19.3 Å². The van der Waals surface area contributed by atoms with Crippen LogP contribution >= 0.6 is 0 Å². The average Bonchev–Trinajstić information content (AvgIpc) is 3.17. The van der Waals surface area contributed by atoms with Gasteiger partial charge in [-0.15, -0.1) is 0 Å². The van der Waals surface area contributed by atoms with E-state index in [0.29, 0.717) is 24.3 Å². The number of urea groups is 1. The third-order valence-electron chi connectivity index (χ3n) is 4.80. The van der Waals surface area contributed by atoms with Crippen LogP contribution in [0.15, 0.2) is 36.0 Å². The lowest BCUT2D eigenvalue weighted by Gasteiger charge is -2.29. The van der Waals surface area contributed by atoms with Gasteiger partial charge in [0.2, 0.25) is 0 Å². The summed E-state index contributed by atoms with van der Waals surface area (Å²) >= 11 is 0. The maximum absolute atomic E-state index is 12.6. The second-order valence-corrected chi connectivity index (χ2v) is 7.24. The molecule has 1 N–H and O–H groups in total. The predicted molar refractivity (Wildman–Crippen MR) is 97.0 cm³/mol. The Hall–Kier alpha value is -3.36. The zero-order valence-electron chi connectivity index (χ0n) is 15.4. The lowest BCUT2D eigenvalue weighted by Crippen LogP contribution is -2.42. The highest BCUT2D eigenvalue weighted by Crippen LogP contribution is 2.32. The van der Waals surface area contributed by atoms with E-state index in [1.54, 1.807) is 29.2 Å². The summed E-state index contributed by atoms with van der Waals surface area (Å²) in [5, 5.41) is 2.82. The molecule has 0 spiro atoms. The van der Waals surface area contributed by atoms with E-state index in [1.807, 2.05) is 0 Å². The monoisotopic (exact) mass is 385 g/mol. The molecule has 3 heterocycles. The number of carbonyl (C=O) groups is 4. The zero-order chi connectivity index (χ0) is 20.1. The van der Waals surface area contributed by atoms with Gasteiger partial charge in [-0.1, -0.05) is 6.07 Å². The van der Waals surface area contributed by atoms with E-state index in [0.717, 1.165) is 11.3 Å². The van der Waals surface area contributed by atoms with Gasteiger partial charge in [0.15, 0.2) is 5.57 Å². The van der Waals surface area contributed by atoms with E-state index in [4.69, 9.17) is 9.47 Å². The third-order valence-corrected chi connectivity index (χ3v) is 4.80. The van der Waals surface area contributed by atoms with Crippen LogP contribution < -0.4 is 10.2 Å². The number of imide groups is 1. The molecule has 4 rings (SSSR count). The summed E-state index contributed by atoms with van der Waals surface area (Å²) in [5.74, 6) is -3.14. The summed E-state index contributed by atoms with van der Waals surface area (Å²) in [5.41, 5.74) is 0.629. The topological polar surface area (TPSA) is 105 Å². The molecule has 9 nitrogen and oxygen atoms in total. The molecule has 0 radical (unpaired) electrons. The fraction of sp³-hybridized carbons (Fsp3) is 0.368. The first-order valence-electron chi connectivity index (χ1n) is 8.95. The van der Waals surface area contributed by atoms with Crippen LogP contribution in [0.4, 0.5) is 16.2 Å². The van der Waals surface area contributed by atoms with Crippen LogP contribution in [0.25, 0.3) is 0 Å². The molecule has 3 amide bonds. The van der Waals surface area contributed by atoms with Crippen LogP contribution in [0.3, 0.4) is 0 Å². The fourth-order valence-corrected chi connectivity index (χ4v) is 3.53. The number of nitrogens with one attached hydrogen (secondary N) is 1. The third kappa shape index (κ3) is 2.98. The summed E-state index contributed by atoms with van der Waals surface area (Å²) < 4.78 is 10.1. The summed E-state index contributed by atoms with van der Waals surface area (Å²) in [4.78, 5) is 51.8. The number of amides is 3. The largest absolute Gasteiger partial charge is 0.419 e. The number of anilines is 2. The summed E-state index contributed by atoms with van der Waals surface area (Å²) in [6.07, 6.45) is 2.69. The Balaban J connectivity index is 1.54. The number of rotatable bonds is 3. The SMILES string of the molecule is CC1(C)OC(=O)C(=CNc2cccc(N3C(=O)C4CCCN4C3=O)c2)C(=O)O1. The zero-order valence-corrected chi connectivity index (χ0v) is 15.4. The highest BCUT2D eigenvalue weighted by molar-refractivity contribution is 6.21. The van der Waals surface area contributed by atoms with E-state index in [9.17, 15) is 19.2 Å². The van der Waals surface area contributed by atoms with Crippen LogP contribution in [0, 0.1) is 0 Å². The van der Waals surface area contributed by atoms with E-state index in [-0.39, 0.29) is 23.6 Å². The summed E-state index contributed by atoms with van der Waals surface area (Å²) in [6.45, 7) is 3.51. The normalized spacial score (nSPS) is 23.5. The number of benzene rings is 1. The molecule has 1 atom stereocenters. The second-order valence-electron chi connectivity index (χ2n) is 7.24. The van der Waals surface area contributed by atoms with Gasteiger partial charge in [0, 0.05) is 32.3 Å². The van der Waals surface area contributed by atoms with Gasteiger partial charge in [-0.05, 0) is 31.0 Å². The van der Waals surface area contributed by atoms with Crippen molar-refractivity contribution in [3.63, 3.8) is 0 Å². The Morgan fingerprint density at radius 2 is 1.86 bits per heavy atom. The lowest BCUT2D eigenvalue weighted by atomic mass is 10.2. The molecule has 0 aliphatic carbocycles. The fourth-order valence-electron chi connectivity index (χ4n) is 3.53. The Morgan fingerprint density at radius 3 is 2.54 bits per heavy atom. The average molecular weight is 385 g/mol. The van der Waals surface area contributed by atoms with E-state index < -0.39 is 17.7 Å². The van der Waals surface area contributed by atoms with Crippen molar-refractivity contribution in [3.05, 3.63) is 36.0 Å². The maximum atomic E-state index is 12.6. The smallest absolute Gasteiger partial charge is 0.350 e. The number of hydrogen-bond acceptors (Lipinski definition) is 7. The van der Waals surface area contributed by atoms with Crippen LogP contribution in [0.2, 0.25) is 0 Å². The van der Waals surface area contributed by atoms with Gasteiger partial charge in [0.05, 0.1) is 5.69 Å². The molecule has 9 heteroatoms. The highest BCUT2D eigenvalue weighted by atomic mass is 16.7. The number of esters is 2. The molecular weight excluding hydrogens is 366 g/mol. The van der Waals surface area contributed by atoms with Crippen molar-refractivity contribution in [2.75, 3.05) is 16.8 Å².